The third kappa shape index (κ3) is 5.10. The Morgan fingerprint density at radius 3 is 2.74 bits per heavy atom. The first-order valence-corrected chi connectivity index (χ1v) is 12.0. The first kappa shape index (κ1) is 22.8. The van der Waals surface area contributed by atoms with Gasteiger partial charge in [-0.3, -0.25) is 9.59 Å². The minimum atomic E-state index is -0.137. The number of ether oxygens (including phenoxy) is 1. The summed E-state index contributed by atoms with van der Waals surface area (Å²) < 4.78 is 12.2. The number of carbonyl (C=O) groups excluding carboxylic acids is 1. The number of carbonyl (C=O) groups is 1. The van der Waals surface area contributed by atoms with Gasteiger partial charge in [0.25, 0.3) is 0 Å². The maximum Gasteiger partial charge on any atom is 0.239 e. The summed E-state index contributed by atoms with van der Waals surface area (Å²) in [6.45, 7) is 2.74. The molecule has 11 heteroatoms. The van der Waals surface area contributed by atoms with Gasteiger partial charge in [0, 0.05) is 49.0 Å². The first-order valence-electron chi connectivity index (χ1n) is 11.1. The number of benzene rings is 1. The molecule has 5 rings (SSSR count). The number of likely N-dealkylation sites (N-methyl/N-ethyl adjacent to an activating group) is 1. The van der Waals surface area contributed by atoms with Crippen molar-refractivity contribution in [3.05, 3.63) is 58.2 Å². The summed E-state index contributed by atoms with van der Waals surface area (Å²) in [6.07, 6.45) is 1.61. The molecule has 0 bridgehead atoms. The van der Waals surface area contributed by atoms with Crippen molar-refractivity contribution in [2.45, 2.75) is 0 Å². The molecule has 0 saturated carbocycles. The van der Waals surface area contributed by atoms with E-state index >= 15 is 0 Å². The van der Waals surface area contributed by atoms with Crippen LogP contribution >= 0.6 is 11.3 Å². The van der Waals surface area contributed by atoms with E-state index in [1.165, 1.54) is 11.3 Å². The van der Waals surface area contributed by atoms with E-state index in [0.29, 0.717) is 54.2 Å². The number of anilines is 4. The topological polar surface area (TPSA) is 122 Å². The summed E-state index contributed by atoms with van der Waals surface area (Å²) >= 11 is 1.39. The van der Waals surface area contributed by atoms with E-state index in [1.54, 1.807) is 25.4 Å². The number of aromatic nitrogens is 2. The largest absolute Gasteiger partial charge is 0.439 e. The number of rotatable bonds is 7. The van der Waals surface area contributed by atoms with E-state index in [-0.39, 0.29) is 17.9 Å². The molecule has 0 spiro atoms. The zero-order valence-electron chi connectivity index (χ0n) is 19.0. The molecule has 1 fully saturated rings. The van der Waals surface area contributed by atoms with Crippen molar-refractivity contribution in [2.24, 2.45) is 0 Å². The number of nitrogens with zero attached hydrogens (tertiary/aromatic N) is 3. The van der Waals surface area contributed by atoms with E-state index in [9.17, 15) is 9.59 Å². The lowest BCUT2D eigenvalue weighted by atomic mass is 10.1. The Hall–Kier alpha value is -3.96. The normalized spacial score (nSPS) is 13.6. The quantitative estimate of drug-likeness (QED) is 0.357. The standard InChI is InChI=1S/C24H24N6O4S/c1-25-20(32)13-27-19-6-7-26-24(29-19)28-16-4-2-15(3-5-16)17-14-35-23-18(31)12-21(34-22(17)23)30-8-10-33-11-9-30/h2-7,12,14H,8-11,13H2,1H3,(H,25,32)(H2,26,27,28,29). The van der Waals surface area contributed by atoms with Crippen molar-refractivity contribution < 1.29 is 13.9 Å². The highest BCUT2D eigenvalue weighted by atomic mass is 32.1. The smallest absolute Gasteiger partial charge is 0.239 e. The van der Waals surface area contributed by atoms with Crippen molar-refractivity contribution in [3.63, 3.8) is 0 Å². The van der Waals surface area contributed by atoms with E-state index in [1.807, 2.05) is 34.5 Å². The van der Waals surface area contributed by atoms with Crippen LogP contribution in [0.15, 0.2) is 57.2 Å². The lowest BCUT2D eigenvalue weighted by Crippen LogP contribution is -2.36. The van der Waals surface area contributed by atoms with Gasteiger partial charge in [0.05, 0.1) is 19.8 Å². The van der Waals surface area contributed by atoms with Gasteiger partial charge in [0.1, 0.15) is 10.5 Å². The molecule has 1 aliphatic heterocycles. The predicted octanol–water partition coefficient (Wildman–Crippen LogP) is 3.05. The molecule has 0 atom stereocenters. The molecule has 180 valence electrons. The van der Waals surface area contributed by atoms with Crippen LogP contribution in [-0.4, -0.2) is 55.8 Å². The van der Waals surface area contributed by atoms with Crippen LogP contribution in [0.2, 0.25) is 0 Å². The molecule has 4 aromatic rings. The molecule has 1 saturated heterocycles. The van der Waals surface area contributed by atoms with Crippen LogP contribution in [0.5, 0.6) is 0 Å². The van der Waals surface area contributed by atoms with Gasteiger partial charge >= 0.3 is 0 Å². The number of morpholine rings is 1. The molecule has 3 N–H and O–H groups in total. The molecule has 0 aliphatic carbocycles. The van der Waals surface area contributed by atoms with E-state index < -0.39 is 0 Å². The fourth-order valence-corrected chi connectivity index (χ4v) is 4.62. The molecule has 0 unspecified atom stereocenters. The van der Waals surface area contributed by atoms with Crippen molar-refractivity contribution in [1.29, 1.82) is 0 Å². The number of amides is 1. The van der Waals surface area contributed by atoms with Crippen LogP contribution < -0.4 is 26.3 Å². The Balaban J connectivity index is 1.35. The highest BCUT2D eigenvalue weighted by molar-refractivity contribution is 7.17. The fraction of sp³-hybridized carbons (Fsp3) is 0.250. The second-order valence-corrected chi connectivity index (χ2v) is 8.73. The summed E-state index contributed by atoms with van der Waals surface area (Å²) in [4.78, 5) is 34.8. The highest BCUT2D eigenvalue weighted by Gasteiger charge is 2.18. The Morgan fingerprint density at radius 1 is 1.17 bits per heavy atom. The Bertz CT molecular complexity index is 1400. The van der Waals surface area contributed by atoms with Crippen LogP contribution in [0.1, 0.15) is 0 Å². The van der Waals surface area contributed by atoms with Crippen molar-refractivity contribution >= 4 is 50.9 Å². The van der Waals surface area contributed by atoms with Crippen LogP contribution in [0, 0.1) is 0 Å². The van der Waals surface area contributed by atoms with E-state index in [2.05, 4.69) is 25.9 Å². The second-order valence-electron chi connectivity index (χ2n) is 7.85. The number of hydrogen-bond acceptors (Lipinski definition) is 10. The van der Waals surface area contributed by atoms with Crippen molar-refractivity contribution in [3.8, 4) is 11.1 Å². The van der Waals surface area contributed by atoms with Crippen molar-refractivity contribution in [1.82, 2.24) is 15.3 Å². The Kier molecular flexibility index (Phi) is 6.59. The summed E-state index contributed by atoms with van der Waals surface area (Å²) in [7, 11) is 1.58. The molecule has 3 aromatic heterocycles. The zero-order chi connectivity index (χ0) is 24.2. The minimum Gasteiger partial charge on any atom is -0.439 e. The van der Waals surface area contributed by atoms with Gasteiger partial charge in [-0.1, -0.05) is 12.1 Å². The molecule has 4 heterocycles. The number of fused-ring (bicyclic) bond motifs is 1. The van der Waals surface area contributed by atoms with E-state index in [0.717, 1.165) is 16.8 Å². The average molecular weight is 493 g/mol. The summed E-state index contributed by atoms with van der Waals surface area (Å²) in [5.41, 5.74) is 3.17. The molecule has 0 radical (unpaired) electrons. The summed E-state index contributed by atoms with van der Waals surface area (Å²) in [5, 5.41) is 10.6. The summed E-state index contributed by atoms with van der Waals surface area (Å²) in [6, 6.07) is 11.0. The van der Waals surface area contributed by atoms with Gasteiger partial charge in [0.2, 0.25) is 17.3 Å². The van der Waals surface area contributed by atoms with Gasteiger partial charge in [-0.15, -0.1) is 11.3 Å². The molecular formula is C24H24N6O4S. The maximum atomic E-state index is 12.7. The lowest BCUT2D eigenvalue weighted by molar-refractivity contribution is -0.118. The molecular weight excluding hydrogens is 468 g/mol. The number of nitrogens with one attached hydrogen (secondary N) is 3. The average Bonchev–Trinajstić information content (AvgIpc) is 3.33. The second kappa shape index (κ2) is 10.1. The number of thiophene rings is 1. The SMILES string of the molecule is CNC(=O)CNc1ccnc(Nc2ccc(-c3csc4c(=O)cc(N5CCOCC5)oc34)cc2)n1. The van der Waals surface area contributed by atoms with Gasteiger partial charge < -0.3 is 30.0 Å². The molecule has 1 amide bonds. The van der Waals surface area contributed by atoms with E-state index in [4.69, 9.17) is 9.15 Å². The van der Waals surface area contributed by atoms with Crippen LogP contribution in [0.4, 0.5) is 23.3 Å². The van der Waals surface area contributed by atoms with Crippen LogP contribution in [-0.2, 0) is 9.53 Å². The lowest BCUT2D eigenvalue weighted by Gasteiger charge is -2.27. The van der Waals surface area contributed by atoms with Gasteiger partial charge in [0.15, 0.2) is 11.5 Å². The summed E-state index contributed by atoms with van der Waals surface area (Å²) in [5.74, 6) is 1.38. The highest BCUT2D eigenvalue weighted by Crippen LogP contribution is 2.35. The van der Waals surface area contributed by atoms with Gasteiger partial charge in [-0.2, -0.15) is 4.98 Å². The molecule has 1 aromatic carbocycles. The first-order chi connectivity index (χ1) is 17.1. The van der Waals surface area contributed by atoms with Gasteiger partial charge in [-0.25, -0.2) is 4.98 Å². The van der Waals surface area contributed by atoms with Crippen LogP contribution in [0.3, 0.4) is 0 Å². The monoisotopic (exact) mass is 492 g/mol. The zero-order valence-corrected chi connectivity index (χ0v) is 19.9. The molecule has 35 heavy (non-hydrogen) atoms. The third-order valence-electron chi connectivity index (χ3n) is 5.57. The predicted molar refractivity (Wildman–Crippen MR) is 137 cm³/mol. The fourth-order valence-electron chi connectivity index (χ4n) is 3.71. The third-order valence-corrected chi connectivity index (χ3v) is 6.55. The molecule has 1 aliphatic rings. The minimum absolute atomic E-state index is 0.0377. The van der Waals surface area contributed by atoms with Crippen molar-refractivity contribution in [2.75, 3.05) is 55.4 Å². The Morgan fingerprint density at radius 2 is 1.97 bits per heavy atom. The Labute approximate surface area is 205 Å². The van der Waals surface area contributed by atoms with Gasteiger partial charge in [-0.05, 0) is 23.8 Å². The van der Waals surface area contributed by atoms with Crippen LogP contribution in [0.25, 0.3) is 21.4 Å². The number of hydrogen-bond donors (Lipinski definition) is 3. The molecule has 10 nitrogen and oxygen atoms in total. The maximum absolute atomic E-state index is 12.7.